The number of likely N-dealkylation sites (N-methyl/N-ethyl adjacent to an activating group) is 1. The summed E-state index contributed by atoms with van der Waals surface area (Å²) in [7, 11) is 1.53. The molecule has 0 aliphatic rings. The Morgan fingerprint density at radius 3 is 2.90 bits per heavy atom. The Morgan fingerprint density at radius 2 is 2.29 bits per heavy atom. The van der Waals surface area contributed by atoms with Crippen LogP contribution in [0.3, 0.4) is 0 Å². The summed E-state index contributed by atoms with van der Waals surface area (Å²) >= 11 is 0. The standard InChI is InChI=1S/C14H15N3O4/c1-10-8-12(16-21-10)15-13(18)9-17(2)14(19)6-5-11-4-3-7-20-11/h3-8H,9H2,1-2H3,(H,15,16,18)/b6-5+. The van der Waals surface area contributed by atoms with E-state index < -0.39 is 0 Å². The summed E-state index contributed by atoms with van der Waals surface area (Å²) in [6.07, 6.45) is 4.39. The zero-order chi connectivity index (χ0) is 15.2. The first-order valence-corrected chi connectivity index (χ1v) is 6.24. The number of hydrogen-bond donors (Lipinski definition) is 1. The van der Waals surface area contributed by atoms with Gasteiger partial charge in [-0.05, 0) is 25.1 Å². The Bertz CT molecular complexity index is 643. The van der Waals surface area contributed by atoms with Crippen molar-refractivity contribution in [1.29, 1.82) is 0 Å². The molecule has 2 aromatic heterocycles. The van der Waals surface area contributed by atoms with E-state index in [0.717, 1.165) is 0 Å². The van der Waals surface area contributed by atoms with Crippen molar-refractivity contribution in [2.45, 2.75) is 6.92 Å². The van der Waals surface area contributed by atoms with Gasteiger partial charge in [-0.25, -0.2) is 0 Å². The van der Waals surface area contributed by atoms with E-state index in [4.69, 9.17) is 8.94 Å². The smallest absolute Gasteiger partial charge is 0.246 e. The van der Waals surface area contributed by atoms with Crippen LogP contribution in [0.1, 0.15) is 11.5 Å². The van der Waals surface area contributed by atoms with Crippen LogP contribution in [0.15, 0.2) is 39.5 Å². The largest absolute Gasteiger partial charge is 0.465 e. The van der Waals surface area contributed by atoms with Gasteiger partial charge in [-0.3, -0.25) is 9.59 Å². The maximum Gasteiger partial charge on any atom is 0.246 e. The fourth-order valence-corrected chi connectivity index (χ4v) is 1.57. The molecule has 0 aliphatic heterocycles. The molecule has 0 aromatic carbocycles. The van der Waals surface area contributed by atoms with Crippen LogP contribution >= 0.6 is 0 Å². The molecule has 0 bridgehead atoms. The van der Waals surface area contributed by atoms with Gasteiger partial charge in [0.15, 0.2) is 5.82 Å². The third kappa shape index (κ3) is 4.34. The van der Waals surface area contributed by atoms with Gasteiger partial charge in [-0.15, -0.1) is 0 Å². The molecule has 0 spiro atoms. The number of anilines is 1. The van der Waals surface area contributed by atoms with Crippen molar-refractivity contribution in [1.82, 2.24) is 10.1 Å². The summed E-state index contributed by atoms with van der Waals surface area (Å²) in [5.41, 5.74) is 0. The summed E-state index contributed by atoms with van der Waals surface area (Å²) in [5.74, 6) is 0.822. The first kappa shape index (κ1) is 14.6. The van der Waals surface area contributed by atoms with Crippen molar-refractivity contribution in [3.05, 3.63) is 42.1 Å². The first-order valence-electron chi connectivity index (χ1n) is 6.24. The van der Waals surface area contributed by atoms with E-state index in [1.807, 2.05) is 0 Å². The summed E-state index contributed by atoms with van der Waals surface area (Å²) in [5, 5.41) is 6.18. The number of aryl methyl sites for hydroxylation is 1. The van der Waals surface area contributed by atoms with E-state index >= 15 is 0 Å². The van der Waals surface area contributed by atoms with E-state index in [-0.39, 0.29) is 18.4 Å². The Kier molecular flexibility index (Phi) is 4.55. The van der Waals surface area contributed by atoms with E-state index in [0.29, 0.717) is 17.3 Å². The van der Waals surface area contributed by atoms with Gasteiger partial charge in [-0.1, -0.05) is 5.16 Å². The SMILES string of the molecule is Cc1cc(NC(=O)CN(C)C(=O)/C=C/c2ccco2)no1. The molecular weight excluding hydrogens is 274 g/mol. The predicted molar refractivity (Wildman–Crippen MR) is 75.2 cm³/mol. The maximum absolute atomic E-state index is 11.8. The number of rotatable bonds is 5. The lowest BCUT2D eigenvalue weighted by molar-refractivity contribution is -0.129. The Labute approximate surface area is 121 Å². The fourth-order valence-electron chi connectivity index (χ4n) is 1.57. The maximum atomic E-state index is 11.8. The number of carbonyl (C=O) groups excluding carboxylic acids is 2. The third-order valence-corrected chi connectivity index (χ3v) is 2.59. The van der Waals surface area contributed by atoms with Gasteiger partial charge in [-0.2, -0.15) is 0 Å². The van der Waals surface area contributed by atoms with Crippen molar-refractivity contribution >= 4 is 23.7 Å². The highest BCUT2D eigenvalue weighted by molar-refractivity contribution is 5.97. The van der Waals surface area contributed by atoms with Crippen molar-refractivity contribution in [2.24, 2.45) is 0 Å². The third-order valence-electron chi connectivity index (χ3n) is 2.59. The van der Waals surface area contributed by atoms with Crippen molar-refractivity contribution in [3.8, 4) is 0 Å². The highest BCUT2D eigenvalue weighted by Gasteiger charge is 2.12. The molecule has 110 valence electrons. The second-order valence-electron chi connectivity index (χ2n) is 4.41. The van der Waals surface area contributed by atoms with Crippen molar-refractivity contribution < 1.29 is 18.5 Å². The van der Waals surface area contributed by atoms with Crippen LogP contribution in [-0.2, 0) is 9.59 Å². The molecule has 0 aliphatic carbocycles. The second kappa shape index (κ2) is 6.56. The second-order valence-corrected chi connectivity index (χ2v) is 4.41. The monoisotopic (exact) mass is 289 g/mol. The molecule has 1 N–H and O–H groups in total. The summed E-state index contributed by atoms with van der Waals surface area (Å²) in [6.45, 7) is 1.63. The van der Waals surface area contributed by atoms with Crippen LogP contribution in [0.25, 0.3) is 6.08 Å². The Morgan fingerprint density at radius 1 is 1.48 bits per heavy atom. The topological polar surface area (TPSA) is 88.6 Å². The van der Waals surface area contributed by atoms with E-state index in [1.165, 1.54) is 30.4 Å². The number of amides is 2. The highest BCUT2D eigenvalue weighted by atomic mass is 16.5. The predicted octanol–water partition coefficient (Wildman–Crippen LogP) is 1.69. The average molecular weight is 289 g/mol. The average Bonchev–Trinajstić information content (AvgIpc) is 3.07. The molecule has 0 fully saturated rings. The van der Waals surface area contributed by atoms with Crippen molar-refractivity contribution in [2.75, 3.05) is 18.9 Å². The molecule has 2 amide bonds. The number of hydrogen-bond acceptors (Lipinski definition) is 5. The molecular formula is C14H15N3O4. The fraction of sp³-hybridized carbons (Fsp3) is 0.214. The van der Waals surface area contributed by atoms with Crippen molar-refractivity contribution in [3.63, 3.8) is 0 Å². The van der Waals surface area contributed by atoms with Gasteiger partial charge in [0.25, 0.3) is 0 Å². The lowest BCUT2D eigenvalue weighted by Crippen LogP contribution is -2.33. The lowest BCUT2D eigenvalue weighted by Gasteiger charge is -2.13. The molecule has 2 aromatic rings. The van der Waals surface area contributed by atoms with Crippen LogP contribution in [0, 0.1) is 6.92 Å². The number of furan rings is 1. The van der Waals surface area contributed by atoms with E-state index in [9.17, 15) is 9.59 Å². The number of aromatic nitrogens is 1. The van der Waals surface area contributed by atoms with Gasteiger partial charge in [0.2, 0.25) is 11.8 Å². The quantitative estimate of drug-likeness (QED) is 0.846. The molecule has 0 unspecified atom stereocenters. The molecule has 2 rings (SSSR count). The number of nitrogens with zero attached hydrogens (tertiary/aromatic N) is 2. The van der Waals surface area contributed by atoms with E-state index in [2.05, 4.69) is 10.5 Å². The van der Waals surface area contributed by atoms with Crippen LogP contribution in [-0.4, -0.2) is 35.5 Å². The van der Waals surface area contributed by atoms with Gasteiger partial charge in [0, 0.05) is 19.2 Å². The van der Waals surface area contributed by atoms with Crippen LogP contribution in [0.5, 0.6) is 0 Å². The van der Waals surface area contributed by atoms with E-state index in [1.54, 1.807) is 25.1 Å². The summed E-state index contributed by atoms with van der Waals surface area (Å²) in [6, 6.07) is 5.04. The summed E-state index contributed by atoms with van der Waals surface area (Å²) in [4.78, 5) is 24.8. The Balaban J connectivity index is 1.84. The molecule has 0 atom stereocenters. The molecule has 7 nitrogen and oxygen atoms in total. The molecule has 0 saturated carbocycles. The minimum atomic E-state index is -0.356. The molecule has 2 heterocycles. The number of nitrogens with one attached hydrogen (secondary N) is 1. The van der Waals surface area contributed by atoms with Crippen LogP contribution < -0.4 is 5.32 Å². The molecule has 7 heteroatoms. The molecule has 0 saturated heterocycles. The normalized spacial score (nSPS) is 10.8. The first-order chi connectivity index (χ1) is 10.0. The zero-order valence-corrected chi connectivity index (χ0v) is 11.7. The van der Waals surface area contributed by atoms with Gasteiger partial charge in [0.1, 0.15) is 11.5 Å². The molecule has 0 radical (unpaired) electrons. The summed E-state index contributed by atoms with van der Waals surface area (Å²) < 4.78 is 9.90. The Hall–Kier alpha value is -2.83. The minimum Gasteiger partial charge on any atom is -0.465 e. The number of carbonyl (C=O) groups is 2. The van der Waals surface area contributed by atoms with Crippen LogP contribution in [0.2, 0.25) is 0 Å². The zero-order valence-electron chi connectivity index (χ0n) is 11.7. The van der Waals surface area contributed by atoms with Gasteiger partial charge >= 0.3 is 0 Å². The van der Waals surface area contributed by atoms with Gasteiger partial charge < -0.3 is 19.2 Å². The highest BCUT2D eigenvalue weighted by Crippen LogP contribution is 2.07. The lowest BCUT2D eigenvalue weighted by atomic mass is 10.3. The minimum absolute atomic E-state index is 0.0900. The van der Waals surface area contributed by atoms with Crippen LogP contribution in [0.4, 0.5) is 5.82 Å². The molecule has 21 heavy (non-hydrogen) atoms. The van der Waals surface area contributed by atoms with Gasteiger partial charge in [0.05, 0.1) is 12.8 Å².